The van der Waals surface area contributed by atoms with Gasteiger partial charge in [-0.1, -0.05) is 6.92 Å². The largest absolute Gasteiger partial charge is 0.356 e. The van der Waals surface area contributed by atoms with Crippen LogP contribution < -0.4 is 4.72 Å². The van der Waals surface area contributed by atoms with Crippen molar-refractivity contribution in [1.82, 2.24) is 14.6 Å². The van der Waals surface area contributed by atoms with Crippen molar-refractivity contribution in [2.45, 2.75) is 44.0 Å². The van der Waals surface area contributed by atoms with E-state index in [1.165, 1.54) is 12.3 Å². The molecular weight excluding hydrogens is 278 g/mol. The molecule has 2 rings (SSSR count). The van der Waals surface area contributed by atoms with Crippen LogP contribution in [0.5, 0.6) is 0 Å². The van der Waals surface area contributed by atoms with Crippen molar-refractivity contribution in [3.05, 3.63) is 18.0 Å². The van der Waals surface area contributed by atoms with Gasteiger partial charge in [-0.15, -0.1) is 0 Å². The van der Waals surface area contributed by atoms with Crippen molar-refractivity contribution in [3.63, 3.8) is 0 Å². The van der Waals surface area contributed by atoms with Crippen LogP contribution in [0.4, 0.5) is 0 Å². The monoisotopic (exact) mass is 299 g/mol. The van der Waals surface area contributed by atoms with Crippen molar-refractivity contribution >= 4 is 15.9 Å². The lowest BCUT2D eigenvalue weighted by atomic mass is 10.3. The molecule has 0 radical (unpaired) electrons. The van der Waals surface area contributed by atoms with Crippen molar-refractivity contribution < 1.29 is 13.2 Å². The summed E-state index contributed by atoms with van der Waals surface area (Å²) in [5.41, 5.74) is 0.330. The fraction of sp³-hybridized carbons (Fsp3) is 0.615. The summed E-state index contributed by atoms with van der Waals surface area (Å²) in [5.74, 6) is -0.132. The average molecular weight is 299 g/mol. The quantitative estimate of drug-likeness (QED) is 0.860. The van der Waals surface area contributed by atoms with E-state index in [0.717, 1.165) is 25.9 Å². The molecule has 1 aliphatic rings. The van der Waals surface area contributed by atoms with Crippen LogP contribution in [-0.4, -0.2) is 43.3 Å². The highest BCUT2D eigenvalue weighted by Gasteiger charge is 2.24. The molecule has 1 saturated heterocycles. The molecule has 1 fully saturated rings. The molecule has 1 aliphatic heterocycles. The van der Waals surface area contributed by atoms with E-state index >= 15 is 0 Å². The second kappa shape index (κ2) is 5.97. The summed E-state index contributed by atoms with van der Waals surface area (Å²) in [5, 5.41) is 0. The Kier molecular flexibility index (Phi) is 4.49. The van der Waals surface area contributed by atoms with E-state index in [2.05, 4.69) is 9.71 Å². The molecular formula is C13H21N3O3S. The van der Waals surface area contributed by atoms with E-state index < -0.39 is 10.0 Å². The molecule has 1 aromatic heterocycles. The van der Waals surface area contributed by atoms with Gasteiger partial charge in [0.1, 0.15) is 10.6 Å². The molecule has 20 heavy (non-hydrogen) atoms. The Bertz CT molecular complexity index is 573. The maximum Gasteiger partial charge on any atom is 0.270 e. The van der Waals surface area contributed by atoms with Crippen LogP contribution in [0.25, 0.3) is 0 Å². The van der Waals surface area contributed by atoms with Crippen LogP contribution in [0, 0.1) is 0 Å². The smallest absolute Gasteiger partial charge is 0.270 e. The normalized spacial score (nSPS) is 17.4. The van der Waals surface area contributed by atoms with E-state index in [-0.39, 0.29) is 16.8 Å². The Morgan fingerprint density at radius 3 is 2.70 bits per heavy atom. The Balaban J connectivity index is 2.14. The van der Waals surface area contributed by atoms with Crippen molar-refractivity contribution in [3.8, 4) is 0 Å². The van der Waals surface area contributed by atoms with Gasteiger partial charge < -0.3 is 9.88 Å². The topological polar surface area (TPSA) is 82.3 Å². The molecule has 1 atom stereocenters. The third kappa shape index (κ3) is 3.21. The lowest BCUT2D eigenvalue weighted by molar-refractivity contribution is 0.0787. The first-order valence-corrected chi connectivity index (χ1v) is 8.42. The second-order valence-corrected chi connectivity index (χ2v) is 6.89. The molecule has 0 saturated carbocycles. The molecule has 1 unspecified atom stereocenters. The Morgan fingerprint density at radius 1 is 1.45 bits per heavy atom. The Labute approximate surface area is 119 Å². The van der Waals surface area contributed by atoms with Gasteiger partial charge >= 0.3 is 0 Å². The van der Waals surface area contributed by atoms with E-state index in [1.807, 2.05) is 6.92 Å². The first-order chi connectivity index (χ1) is 9.44. The van der Waals surface area contributed by atoms with Crippen LogP contribution in [0.1, 0.15) is 43.6 Å². The van der Waals surface area contributed by atoms with E-state index in [0.29, 0.717) is 12.1 Å². The maximum atomic E-state index is 12.1. The summed E-state index contributed by atoms with van der Waals surface area (Å²) in [7, 11) is -3.56. The Hall–Kier alpha value is -1.34. The number of sulfonamides is 1. The molecule has 0 aromatic carbocycles. The van der Waals surface area contributed by atoms with Crippen molar-refractivity contribution in [2.24, 2.45) is 0 Å². The number of amides is 1. The van der Waals surface area contributed by atoms with Crippen LogP contribution in [-0.2, 0) is 10.0 Å². The van der Waals surface area contributed by atoms with Crippen molar-refractivity contribution in [2.75, 3.05) is 13.1 Å². The summed E-state index contributed by atoms with van der Waals surface area (Å²) in [4.78, 5) is 16.8. The molecule has 1 amide bonds. The summed E-state index contributed by atoms with van der Waals surface area (Å²) >= 11 is 0. The van der Waals surface area contributed by atoms with E-state index in [9.17, 15) is 13.2 Å². The standard InChI is InChI=1S/C13H21N3O3S/c1-3-10(2)15-20(18,19)11-8-12(14-9-11)13(17)16-6-4-5-7-16/h8-10,14-15H,3-7H2,1-2H3. The number of aromatic amines is 1. The van der Waals surface area contributed by atoms with Gasteiger partial charge in [-0.3, -0.25) is 4.79 Å². The third-order valence-corrected chi connectivity index (χ3v) is 5.13. The number of nitrogens with one attached hydrogen (secondary N) is 2. The summed E-state index contributed by atoms with van der Waals surface area (Å²) in [6.45, 7) is 5.20. The highest BCUT2D eigenvalue weighted by Crippen LogP contribution is 2.16. The van der Waals surface area contributed by atoms with Gasteiger partial charge in [-0.05, 0) is 32.3 Å². The second-order valence-electron chi connectivity index (χ2n) is 5.18. The molecule has 2 N–H and O–H groups in total. The third-order valence-electron chi connectivity index (χ3n) is 3.56. The SMILES string of the molecule is CCC(C)NS(=O)(=O)c1c[nH]c(C(=O)N2CCCC2)c1. The predicted octanol–water partition coefficient (Wildman–Crippen LogP) is 1.33. The summed E-state index contributed by atoms with van der Waals surface area (Å²) in [6.07, 6.45) is 4.09. The number of hydrogen-bond donors (Lipinski definition) is 2. The van der Waals surface area contributed by atoms with Crippen LogP contribution in [0.3, 0.4) is 0 Å². The highest BCUT2D eigenvalue weighted by molar-refractivity contribution is 7.89. The fourth-order valence-electron chi connectivity index (χ4n) is 2.16. The summed E-state index contributed by atoms with van der Waals surface area (Å²) < 4.78 is 26.8. The van der Waals surface area contributed by atoms with Gasteiger partial charge in [0.25, 0.3) is 5.91 Å². The molecule has 0 spiro atoms. The fourth-order valence-corrected chi connectivity index (χ4v) is 3.48. The van der Waals surface area contributed by atoms with Gasteiger partial charge in [0.05, 0.1) is 0 Å². The molecule has 6 nitrogen and oxygen atoms in total. The molecule has 7 heteroatoms. The molecule has 112 valence electrons. The van der Waals surface area contributed by atoms with E-state index in [4.69, 9.17) is 0 Å². The average Bonchev–Trinajstić information content (AvgIpc) is 3.08. The lowest BCUT2D eigenvalue weighted by Crippen LogP contribution is -2.31. The zero-order valence-electron chi connectivity index (χ0n) is 11.8. The van der Waals surface area contributed by atoms with Gasteiger partial charge in [-0.2, -0.15) is 0 Å². The number of nitrogens with zero attached hydrogens (tertiary/aromatic N) is 1. The number of H-pyrrole nitrogens is 1. The first kappa shape index (κ1) is 15.1. The predicted molar refractivity (Wildman–Crippen MR) is 76.0 cm³/mol. The van der Waals surface area contributed by atoms with E-state index in [1.54, 1.807) is 11.8 Å². The first-order valence-electron chi connectivity index (χ1n) is 6.94. The van der Waals surface area contributed by atoms with Crippen LogP contribution in [0.2, 0.25) is 0 Å². The number of rotatable bonds is 5. The number of carbonyl (C=O) groups excluding carboxylic acids is 1. The number of likely N-dealkylation sites (tertiary alicyclic amines) is 1. The Morgan fingerprint density at radius 2 is 2.10 bits per heavy atom. The minimum atomic E-state index is -3.56. The minimum Gasteiger partial charge on any atom is -0.356 e. The lowest BCUT2D eigenvalue weighted by Gasteiger charge is -2.13. The van der Waals surface area contributed by atoms with Gasteiger partial charge in [0.2, 0.25) is 10.0 Å². The maximum absolute atomic E-state index is 12.1. The highest BCUT2D eigenvalue weighted by atomic mass is 32.2. The van der Waals surface area contributed by atoms with Gasteiger partial charge in [0, 0.05) is 25.3 Å². The zero-order chi connectivity index (χ0) is 14.8. The molecule has 0 bridgehead atoms. The summed E-state index contributed by atoms with van der Waals surface area (Å²) in [6, 6.07) is 1.28. The zero-order valence-corrected chi connectivity index (χ0v) is 12.7. The molecule has 0 aliphatic carbocycles. The minimum absolute atomic E-state index is 0.111. The van der Waals surface area contributed by atoms with Gasteiger partial charge in [0.15, 0.2) is 0 Å². The molecule has 2 heterocycles. The number of carbonyl (C=O) groups is 1. The molecule has 1 aromatic rings. The van der Waals surface area contributed by atoms with Crippen LogP contribution in [0.15, 0.2) is 17.2 Å². The number of hydrogen-bond acceptors (Lipinski definition) is 3. The van der Waals surface area contributed by atoms with Gasteiger partial charge in [-0.25, -0.2) is 13.1 Å². The number of aromatic nitrogens is 1. The van der Waals surface area contributed by atoms with Crippen molar-refractivity contribution in [1.29, 1.82) is 0 Å². The van der Waals surface area contributed by atoms with Crippen LogP contribution >= 0.6 is 0 Å².